The highest BCUT2D eigenvalue weighted by atomic mass is 19.1. The van der Waals surface area contributed by atoms with Crippen LogP contribution < -0.4 is 0 Å². The van der Waals surface area contributed by atoms with Crippen molar-refractivity contribution >= 4 is 5.57 Å². The molecule has 0 amide bonds. The fraction of sp³-hybridized carbons (Fsp3) is 0.333. The van der Waals surface area contributed by atoms with Gasteiger partial charge in [-0.2, -0.15) is 0 Å². The SMILES string of the molecule is CC(C(O)=C1CC1)c1ccc(C2=CCCC=C2)c(F)c1. The average Bonchev–Trinajstić information content (AvgIpc) is 3.31. The molecule has 0 spiro atoms. The Balaban J connectivity index is 1.89. The first-order chi connectivity index (χ1) is 9.66. The zero-order valence-electron chi connectivity index (χ0n) is 11.7. The van der Waals surface area contributed by atoms with E-state index in [1.54, 1.807) is 6.07 Å². The van der Waals surface area contributed by atoms with Crippen LogP contribution in [0, 0.1) is 5.82 Å². The van der Waals surface area contributed by atoms with Gasteiger partial charge in [0.1, 0.15) is 5.82 Å². The molecule has 1 nitrogen and oxygen atoms in total. The molecule has 104 valence electrons. The Bertz CT molecular complexity index is 616. The van der Waals surface area contributed by atoms with E-state index in [4.69, 9.17) is 0 Å². The van der Waals surface area contributed by atoms with Crippen molar-refractivity contribution < 1.29 is 9.50 Å². The number of rotatable bonds is 3. The van der Waals surface area contributed by atoms with Crippen molar-refractivity contribution in [2.75, 3.05) is 0 Å². The Morgan fingerprint density at radius 2 is 2.05 bits per heavy atom. The monoisotopic (exact) mass is 270 g/mol. The van der Waals surface area contributed by atoms with Gasteiger partial charge in [-0.1, -0.05) is 37.3 Å². The molecule has 0 heterocycles. The van der Waals surface area contributed by atoms with Crippen molar-refractivity contribution in [1.29, 1.82) is 0 Å². The van der Waals surface area contributed by atoms with Gasteiger partial charge < -0.3 is 5.11 Å². The quantitative estimate of drug-likeness (QED) is 0.742. The summed E-state index contributed by atoms with van der Waals surface area (Å²) in [6.45, 7) is 1.93. The zero-order valence-corrected chi connectivity index (χ0v) is 11.7. The highest BCUT2D eigenvalue weighted by molar-refractivity contribution is 5.75. The van der Waals surface area contributed by atoms with Crippen LogP contribution in [-0.2, 0) is 0 Å². The Kier molecular flexibility index (Phi) is 3.47. The van der Waals surface area contributed by atoms with E-state index < -0.39 is 0 Å². The third-order valence-corrected chi connectivity index (χ3v) is 4.07. The van der Waals surface area contributed by atoms with Crippen LogP contribution in [0.5, 0.6) is 0 Å². The Hall–Kier alpha value is -1.83. The molecule has 1 saturated carbocycles. The third-order valence-electron chi connectivity index (χ3n) is 4.07. The highest BCUT2D eigenvalue weighted by Gasteiger charge is 2.23. The fourth-order valence-electron chi connectivity index (χ4n) is 2.63. The van der Waals surface area contributed by atoms with Crippen LogP contribution >= 0.6 is 0 Å². The average molecular weight is 270 g/mol. The standard InChI is InChI=1S/C18H19FO/c1-12(18(20)14-7-8-14)15-9-10-16(17(19)11-15)13-5-3-2-4-6-13/h3,5-6,9-12,20H,2,4,7-8H2,1H3. The van der Waals surface area contributed by atoms with Crippen LogP contribution in [0.4, 0.5) is 4.39 Å². The Morgan fingerprint density at radius 1 is 1.25 bits per heavy atom. The zero-order chi connectivity index (χ0) is 14.1. The molecule has 0 saturated heterocycles. The molecule has 20 heavy (non-hydrogen) atoms. The highest BCUT2D eigenvalue weighted by Crippen LogP contribution is 2.37. The minimum absolute atomic E-state index is 0.119. The molecule has 0 aromatic heterocycles. The summed E-state index contributed by atoms with van der Waals surface area (Å²) in [5.41, 5.74) is 3.55. The molecule has 0 radical (unpaired) electrons. The van der Waals surface area contributed by atoms with E-state index in [1.807, 2.05) is 25.1 Å². The number of hydrogen-bond acceptors (Lipinski definition) is 1. The van der Waals surface area contributed by atoms with E-state index in [2.05, 4.69) is 12.2 Å². The van der Waals surface area contributed by atoms with Gasteiger partial charge in [-0.3, -0.25) is 0 Å². The predicted octanol–water partition coefficient (Wildman–Crippen LogP) is 5.27. The summed E-state index contributed by atoms with van der Waals surface area (Å²) >= 11 is 0. The van der Waals surface area contributed by atoms with Crippen molar-refractivity contribution in [2.24, 2.45) is 0 Å². The van der Waals surface area contributed by atoms with Gasteiger partial charge in [-0.25, -0.2) is 4.39 Å². The number of hydrogen-bond donors (Lipinski definition) is 1. The van der Waals surface area contributed by atoms with Gasteiger partial charge in [-0.05, 0) is 48.5 Å². The Labute approximate surface area is 119 Å². The van der Waals surface area contributed by atoms with Crippen LogP contribution in [0.1, 0.15) is 49.7 Å². The van der Waals surface area contributed by atoms with Crippen LogP contribution in [0.2, 0.25) is 0 Å². The molecule has 1 N–H and O–H groups in total. The summed E-state index contributed by atoms with van der Waals surface area (Å²) in [6, 6.07) is 5.31. The van der Waals surface area contributed by atoms with Gasteiger partial charge >= 0.3 is 0 Å². The number of halogens is 1. The molecule has 3 rings (SSSR count). The molecule has 2 aliphatic carbocycles. The molecular weight excluding hydrogens is 251 g/mol. The van der Waals surface area contributed by atoms with Gasteiger partial charge in [0.15, 0.2) is 0 Å². The van der Waals surface area contributed by atoms with E-state index in [0.29, 0.717) is 11.3 Å². The number of allylic oxidation sites excluding steroid dienone is 6. The minimum Gasteiger partial charge on any atom is -0.512 e. The van der Waals surface area contributed by atoms with Gasteiger partial charge in [0, 0.05) is 11.5 Å². The lowest BCUT2D eigenvalue weighted by Gasteiger charge is -2.14. The topological polar surface area (TPSA) is 20.2 Å². The van der Waals surface area contributed by atoms with Crippen molar-refractivity contribution in [1.82, 2.24) is 0 Å². The van der Waals surface area contributed by atoms with E-state index in [1.165, 1.54) is 0 Å². The van der Waals surface area contributed by atoms with Gasteiger partial charge in [0.2, 0.25) is 0 Å². The maximum atomic E-state index is 14.3. The lowest BCUT2D eigenvalue weighted by atomic mass is 9.93. The maximum absolute atomic E-state index is 14.3. The fourth-order valence-corrected chi connectivity index (χ4v) is 2.63. The molecule has 0 bridgehead atoms. The van der Waals surface area contributed by atoms with Crippen molar-refractivity contribution in [3.8, 4) is 0 Å². The summed E-state index contributed by atoms with van der Waals surface area (Å²) < 4.78 is 14.3. The number of benzene rings is 1. The molecule has 1 aromatic rings. The summed E-state index contributed by atoms with van der Waals surface area (Å²) in [6.07, 6.45) is 10.1. The number of aliphatic hydroxyl groups excluding tert-OH is 1. The van der Waals surface area contributed by atoms with Crippen LogP contribution in [0.3, 0.4) is 0 Å². The lowest BCUT2D eigenvalue weighted by Crippen LogP contribution is -2.00. The molecule has 1 fully saturated rings. The van der Waals surface area contributed by atoms with Gasteiger partial charge in [-0.15, -0.1) is 0 Å². The van der Waals surface area contributed by atoms with E-state index in [9.17, 15) is 9.50 Å². The molecule has 1 unspecified atom stereocenters. The molecule has 1 aromatic carbocycles. The van der Waals surface area contributed by atoms with Crippen LogP contribution in [-0.4, -0.2) is 5.11 Å². The molecule has 0 aliphatic heterocycles. The lowest BCUT2D eigenvalue weighted by molar-refractivity contribution is 0.371. The van der Waals surface area contributed by atoms with Crippen LogP contribution in [0.25, 0.3) is 5.57 Å². The first-order valence-corrected chi connectivity index (χ1v) is 7.24. The predicted molar refractivity (Wildman–Crippen MR) is 80.1 cm³/mol. The second-order valence-electron chi connectivity index (χ2n) is 5.59. The summed E-state index contributed by atoms with van der Waals surface area (Å²) in [7, 11) is 0. The summed E-state index contributed by atoms with van der Waals surface area (Å²) in [5.74, 6) is 0.0987. The molecule has 2 heteroatoms. The van der Waals surface area contributed by atoms with Gasteiger partial charge in [0.05, 0.1) is 5.76 Å². The van der Waals surface area contributed by atoms with Crippen molar-refractivity contribution in [3.63, 3.8) is 0 Å². The molecular formula is C18H19FO. The normalized spacial score (nSPS) is 18.7. The third kappa shape index (κ3) is 2.55. The minimum atomic E-state index is -0.208. The first kappa shape index (κ1) is 13.2. The Morgan fingerprint density at radius 3 is 2.65 bits per heavy atom. The van der Waals surface area contributed by atoms with Gasteiger partial charge in [0.25, 0.3) is 0 Å². The smallest absolute Gasteiger partial charge is 0.131 e. The van der Waals surface area contributed by atoms with E-state index >= 15 is 0 Å². The van der Waals surface area contributed by atoms with Crippen molar-refractivity contribution in [2.45, 2.75) is 38.5 Å². The number of aliphatic hydroxyl groups is 1. The summed E-state index contributed by atoms with van der Waals surface area (Å²) in [4.78, 5) is 0. The molecule has 1 atom stereocenters. The van der Waals surface area contributed by atoms with E-state index in [0.717, 1.165) is 42.4 Å². The first-order valence-electron chi connectivity index (χ1n) is 7.24. The maximum Gasteiger partial charge on any atom is 0.131 e. The van der Waals surface area contributed by atoms with Crippen LogP contribution in [0.15, 0.2) is 47.8 Å². The molecule has 2 aliphatic rings. The van der Waals surface area contributed by atoms with Crippen molar-refractivity contribution in [3.05, 3.63) is 64.7 Å². The second-order valence-corrected chi connectivity index (χ2v) is 5.59. The summed E-state index contributed by atoms with van der Waals surface area (Å²) in [5, 5.41) is 10.1. The van der Waals surface area contributed by atoms with E-state index in [-0.39, 0.29) is 11.7 Å². The largest absolute Gasteiger partial charge is 0.512 e. The second kappa shape index (κ2) is 5.28.